The van der Waals surface area contributed by atoms with Crippen molar-refractivity contribution in [2.45, 2.75) is 12.7 Å². The number of nitrogens with one attached hydrogen (secondary N) is 1. The van der Waals surface area contributed by atoms with E-state index in [0.717, 1.165) is 12.1 Å². The van der Waals surface area contributed by atoms with Crippen molar-refractivity contribution in [2.75, 3.05) is 33.4 Å². The van der Waals surface area contributed by atoms with Crippen LogP contribution >= 0.6 is 11.6 Å². The van der Waals surface area contributed by atoms with Crippen LogP contribution in [0.15, 0.2) is 24.3 Å². The van der Waals surface area contributed by atoms with E-state index in [4.69, 9.17) is 21.1 Å². The molecule has 0 spiro atoms. The first-order valence-electron chi connectivity index (χ1n) is 5.92. The number of halogens is 1. The summed E-state index contributed by atoms with van der Waals surface area (Å²) in [5, 5.41) is 13.4. The second kappa shape index (κ2) is 9.30. The summed E-state index contributed by atoms with van der Waals surface area (Å²) in [4.78, 5) is 0. The van der Waals surface area contributed by atoms with Crippen LogP contribution in [0.5, 0.6) is 0 Å². The maximum atomic E-state index is 9.63. The van der Waals surface area contributed by atoms with E-state index in [1.54, 1.807) is 7.11 Å². The molecule has 1 rings (SSSR count). The molecular weight excluding hydrogens is 254 g/mol. The molecule has 0 heterocycles. The van der Waals surface area contributed by atoms with Gasteiger partial charge < -0.3 is 19.9 Å². The third-order valence-corrected chi connectivity index (χ3v) is 2.57. The Balaban J connectivity index is 2.09. The molecule has 0 bridgehead atoms. The maximum Gasteiger partial charge on any atom is 0.0897 e. The van der Waals surface area contributed by atoms with Crippen molar-refractivity contribution in [2.24, 2.45) is 0 Å². The van der Waals surface area contributed by atoms with E-state index in [9.17, 15) is 5.11 Å². The van der Waals surface area contributed by atoms with Crippen LogP contribution in [0.3, 0.4) is 0 Å². The quantitative estimate of drug-likeness (QED) is 0.669. The molecule has 2 N–H and O–H groups in total. The minimum Gasteiger partial charge on any atom is -0.389 e. The van der Waals surface area contributed by atoms with Crippen molar-refractivity contribution in [1.29, 1.82) is 0 Å². The van der Waals surface area contributed by atoms with Gasteiger partial charge in [-0.3, -0.25) is 0 Å². The van der Waals surface area contributed by atoms with Crippen LogP contribution in [0, 0.1) is 0 Å². The molecule has 0 radical (unpaired) electrons. The molecule has 102 valence electrons. The normalized spacial score (nSPS) is 12.6. The van der Waals surface area contributed by atoms with Crippen molar-refractivity contribution in [3.05, 3.63) is 34.9 Å². The molecule has 5 heteroatoms. The monoisotopic (exact) mass is 273 g/mol. The molecule has 0 fully saturated rings. The van der Waals surface area contributed by atoms with Crippen molar-refractivity contribution in [3.63, 3.8) is 0 Å². The molecule has 0 amide bonds. The molecule has 1 atom stereocenters. The number of ether oxygens (including phenoxy) is 2. The lowest BCUT2D eigenvalue weighted by Gasteiger charge is -2.12. The molecule has 0 saturated heterocycles. The van der Waals surface area contributed by atoms with Crippen LogP contribution in [0.4, 0.5) is 0 Å². The molecule has 4 nitrogen and oxygen atoms in total. The van der Waals surface area contributed by atoms with E-state index in [1.807, 2.05) is 24.3 Å². The highest BCUT2D eigenvalue weighted by Gasteiger charge is 2.03. The molecule has 0 aliphatic heterocycles. The van der Waals surface area contributed by atoms with E-state index in [-0.39, 0.29) is 0 Å². The summed E-state index contributed by atoms with van der Waals surface area (Å²) in [5.74, 6) is 0. The van der Waals surface area contributed by atoms with Gasteiger partial charge >= 0.3 is 0 Å². The Morgan fingerprint density at radius 2 is 2.28 bits per heavy atom. The lowest BCUT2D eigenvalue weighted by atomic mass is 10.2. The number of rotatable bonds is 9. The first-order valence-corrected chi connectivity index (χ1v) is 6.30. The van der Waals surface area contributed by atoms with Crippen LogP contribution in [0.25, 0.3) is 0 Å². The van der Waals surface area contributed by atoms with Gasteiger partial charge in [0.1, 0.15) is 0 Å². The summed E-state index contributed by atoms with van der Waals surface area (Å²) in [6, 6.07) is 7.49. The zero-order chi connectivity index (χ0) is 13.2. The maximum absolute atomic E-state index is 9.63. The molecule has 0 saturated carbocycles. The zero-order valence-corrected chi connectivity index (χ0v) is 11.3. The van der Waals surface area contributed by atoms with Gasteiger partial charge in [0, 0.05) is 25.2 Å². The van der Waals surface area contributed by atoms with Gasteiger partial charge in [-0.25, -0.2) is 0 Å². The number of aliphatic hydroxyl groups is 1. The average Bonchev–Trinajstić information content (AvgIpc) is 2.35. The van der Waals surface area contributed by atoms with Gasteiger partial charge in [-0.05, 0) is 17.7 Å². The van der Waals surface area contributed by atoms with Gasteiger partial charge in [0.2, 0.25) is 0 Å². The lowest BCUT2D eigenvalue weighted by Crippen LogP contribution is -2.32. The van der Waals surface area contributed by atoms with Gasteiger partial charge in [0.25, 0.3) is 0 Å². The molecule has 1 unspecified atom stereocenters. The van der Waals surface area contributed by atoms with Crippen LogP contribution in [-0.4, -0.2) is 44.6 Å². The molecule has 0 aromatic heterocycles. The van der Waals surface area contributed by atoms with Crippen LogP contribution in [0.1, 0.15) is 5.56 Å². The minimum absolute atomic E-state index is 0.298. The zero-order valence-electron chi connectivity index (χ0n) is 10.6. The Morgan fingerprint density at radius 3 is 3.00 bits per heavy atom. The fourth-order valence-corrected chi connectivity index (χ4v) is 1.65. The van der Waals surface area contributed by atoms with Crippen LogP contribution in [-0.2, 0) is 16.1 Å². The van der Waals surface area contributed by atoms with E-state index >= 15 is 0 Å². The molecule has 0 aliphatic rings. The van der Waals surface area contributed by atoms with Crippen molar-refractivity contribution in [3.8, 4) is 0 Å². The predicted octanol–water partition coefficient (Wildman–Crippen LogP) is 1.45. The highest BCUT2D eigenvalue weighted by Crippen LogP contribution is 2.11. The summed E-state index contributed by atoms with van der Waals surface area (Å²) < 4.78 is 10.3. The molecule has 1 aromatic carbocycles. The Bertz CT molecular complexity index is 336. The summed E-state index contributed by atoms with van der Waals surface area (Å²) in [7, 11) is 1.65. The standard InChI is InChI=1S/C13H20ClNO3/c1-17-6-5-15-8-13(16)10-18-9-11-3-2-4-12(14)7-11/h2-4,7,13,15-16H,5-6,8-10H2,1H3. The van der Waals surface area contributed by atoms with Crippen LogP contribution in [0.2, 0.25) is 5.02 Å². The van der Waals surface area contributed by atoms with Crippen molar-refractivity contribution >= 4 is 11.6 Å². The summed E-state index contributed by atoms with van der Waals surface area (Å²) >= 11 is 5.86. The number of hydrogen-bond acceptors (Lipinski definition) is 4. The first-order chi connectivity index (χ1) is 8.72. The van der Waals surface area contributed by atoms with Crippen LogP contribution < -0.4 is 5.32 Å². The van der Waals surface area contributed by atoms with E-state index in [2.05, 4.69) is 5.32 Å². The van der Waals surface area contributed by atoms with E-state index in [0.29, 0.717) is 31.4 Å². The first kappa shape index (κ1) is 15.4. The largest absolute Gasteiger partial charge is 0.389 e. The number of aliphatic hydroxyl groups excluding tert-OH is 1. The number of methoxy groups -OCH3 is 1. The third-order valence-electron chi connectivity index (χ3n) is 2.33. The Kier molecular flexibility index (Phi) is 7.96. The summed E-state index contributed by atoms with van der Waals surface area (Å²) in [6.45, 7) is 2.61. The molecule has 1 aromatic rings. The fraction of sp³-hybridized carbons (Fsp3) is 0.538. The fourth-order valence-electron chi connectivity index (χ4n) is 1.44. The Labute approximate surface area is 113 Å². The number of benzene rings is 1. The third kappa shape index (κ3) is 6.93. The second-order valence-electron chi connectivity index (χ2n) is 4.00. The average molecular weight is 274 g/mol. The molecular formula is C13H20ClNO3. The SMILES string of the molecule is COCCNCC(O)COCc1cccc(Cl)c1. The lowest BCUT2D eigenvalue weighted by molar-refractivity contribution is 0.0282. The summed E-state index contributed by atoms with van der Waals surface area (Å²) in [6.07, 6.45) is -0.513. The number of hydrogen-bond donors (Lipinski definition) is 2. The van der Waals surface area contributed by atoms with E-state index < -0.39 is 6.10 Å². The second-order valence-corrected chi connectivity index (χ2v) is 4.43. The minimum atomic E-state index is -0.513. The predicted molar refractivity (Wildman–Crippen MR) is 71.9 cm³/mol. The topological polar surface area (TPSA) is 50.7 Å². The Morgan fingerprint density at radius 1 is 1.44 bits per heavy atom. The highest BCUT2D eigenvalue weighted by atomic mass is 35.5. The van der Waals surface area contributed by atoms with Gasteiger partial charge in [0.15, 0.2) is 0 Å². The Hall–Kier alpha value is -0.650. The summed E-state index contributed by atoms with van der Waals surface area (Å²) in [5.41, 5.74) is 1.00. The van der Waals surface area contributed by atoms with Gasteiger partial charge in [-0.2, -0.15) is 0 Å². The van der Waals surface area contributed by atoms with Gasteiger partial charge in [-0.1, -0.05) is 23.7 Å². The smallest absolute Gasteiger partial charge is 0.0897 e. The molecule has 18 heavy (non-hydrogen) atoms. The molecule has 0 aliphatic carbocycles. The van der Waals surface area contributed by atoms with Gasteiger partial charge in [-0.15, -0.1) is 0 Å². The van der Waals surface area contributed by atoms with Crippen molar-refractivity contribution in [1.82, 2.24) is 5.32 Å². The van der Waals surface area contributed by atoms with Crippen molar-refractivity contribution < 1.29 is 14.6 Å². The van der Waals surface area contributed by atoms with Gasteiger partial charge in [0.05, 0.1) is 25.9 Å². The van der Waals surface area contributed by atoms with E-state index in [1.165, 1.54) is 0 Å². The highest BCUT2D eigenvalue weighted by molar-refractivity contribution is 6.30.